The van der Waals surface area contributed by atoms with E-state index in [-0.39, 0.29) is 5.91 Å². The lowest BCUT2D eigenvalue weighted by Crippen LogP contribution is -2.13. The Hall–Kier alpha value is -1.08. The van der Waals surface area contributed by atoms with Crippen LogP contribution in [0.3, 0.4) is 0 Å². The minimum absolute atomic E-state index is 0.244. The number of halogens is 2. The van der Waals surface area contributed by atoms with Crippen molar-refractivity contribution in [1.82, 2.24) is 9.78 Å². The summed E-state index contributed by atoms with van der Waals surface area (Å²) in [6, 6.07) is 7.54. The largest absolute Gasteiger partial charge is 0.322 e. The average Bonchev–Trinajstić information content (AvgIpc) is 2.56. The van der Waals surface area contributed by atoms with Gasteiger partial charge in [-0.3, -0.25) is 9.48 Å². The van der Waals surface area contributed by atoms with Gasteiger partial charge in [-0.2, -0.15) is 5.10 Å². The minimum atomic E-state index is -0.244. The first-order valence-corrected chi connectivity index (χ1v) is 6.70. The fraction of sp³-hybridized carbons (Fsp3) is 0.167. The number of hydrogen-bond donors (Lipinski definition) is 1. The fourth-order valence-electron chi connectivity index (χ4n) is 1.61. The van der Waals surface area contributed by atoms with Gasteiger partial charge in [0.25, 0.3) is 5.91 Å². The molecule has 0 aliphatic heterocycles. The lowest BCUT2D eigenvalue weighted by molar-refractivity contribution is 0.102. The van der Waals surface area contributed by atoms with Crippen molar-refractivity contribution < 1.29 is 4.79 Å². The quantitative estimate of drug-likeness (QED) is 0.819. The zero-order valence-electron chi connectivity index (χ0n) is 9.87. The summed E-state index contributed by atoms with van der Waals surface area (Å²) >= 11 is 8.25. The number of aryl methyl sites for hydroxylation is 2. The zero-order chi connectivity index (χ0) is 13.3. The van der Waals surface area contributed by atoms with Gasteiger partial charge in [0.05, 0.1) is 11.3 Å². The lowest BCUT2D eigenvalue weighted by atomic mass is 10.2. The number of carbonyl (C=O) groups is 1. The van der Waals surface area contributed by atoms with E-state index >= 15 is 0 Å². The van der Waals surface area contributed by atoms with E-state index in [0.29, 0.717) is 16.4 Å². The molecule has 2 aromatic rings. The van der Waals surface area contributed by atoms with Crippen LogP contribution in [0, 0.1) is 10.5 Å². The van der Waals surface area contributed by atoms with E-state index in [9.17, 15) is 4.79 Å². The first-order chi connectivity index (χ1) is 8.49. The van der Waals surface area contributed by atoms with Gasteiger partial charge >= 0.3 is 0 Å². The number of nitrogens with zero attached hydrogens (tertiary/aromatic N) is 2. The summed E-state index contributed by atoms with van der Waals surface area (Å²) in [5.74, 6) is -0.244. The third-order valence-electron chi connectivity index (χ3n) is 2.48. The van der Waals surface area contributed by atoms with Crippen LogP contribution in [0.4, 0.5) is 5.69 Å². The molecule has 18 heavy (non-hydrogen) atoms. The van der Waals surface area contributed by atoms with Gasteiger partial charge in [-0.15, -0.1) is 0 Å². The highest BCUT2D eigenvalue weighted by atomic mass is 127. The second kappa shape index (κ2) is 5.27. The van der Waals surface area contributed by atoms with Gasteiger partial charge in [0, 0.05) is 16.3 Å². The van der Waals surface area contributed by atoms with Crippen LogP contribution in [0.5, 0.6) is 0 Å². The van der Waals surface area contributed by atoms with Gasteiger partial charge in [-0.1, -0.05) is 11.6 Å². The molecule has 0 saturated heterocycles. The highest BCUT2D eigenvalue weighted by molar-refractivity contribution is 14.1. The molecule has 4 nitrogen and oxygen atoms in total. The second-order valence-electron chi connectivity index (χ2n) is 3.84. The van der Waals surface area contributed by atoms with E-state index in [2.05, 4.69) is 33.0 Å². The molecule has 94 valence electrons. The first kappa shape index (κ1) is 13.4. The molecule has 0 fully saturated rings. The van der Waals surface area contributed by atoms with Crippen LogP contribution in [-0.4, -0.2) is 15.7 Å². The topological polar surface area (TPSA) is 46.9 Å². The van der Waals surface area contributed by atoms with Crippen LogP contribution < -0.4 is 5.32 Å². The molecular weight excluding hydrogens is 365 g/mol. The zero-order valence-corrected chi connectivity index (χ0v) is 12.8. The van der Waals surface area contributed by atoms with Gasteiger partial charge < -0.3 is 5.32 Å². The van der Waals surface area contributed by atoms with Crippen molar-refractivity contribution in [3.63, 3.8) is 0 Å². The van der Waals surface area contributed by atoms with E-state index in [1.54, 1.807) is 14.0 Å². The molecule has 1 N–H and O–H groups in total. The Morgan fingerprint density at radius 2 is 2.00 bits per heavy atom. The number of rotatable bonds is 2. The van der Waals surface area contributed by atoms with Crippen molar-refractivity contribution in [1.29, 1.82) is 0 Å². The highest BCUT2D eigenvalue weighted by Crippen LogP contribution is 2.20. The van der Waals surface area contributed by atoms with E-state index in [1.165, 1.54) is 4.68 Å². The molecular formula is C12H11ClIN3O. The average molecular weight is 376 g/mol. The Morgan fingerprint density at radius 3 is 2.50 bits per heavy atom. The van der Waals surface area contributed by atoms with Crippen molar-refractivity contribution in [2.45, 2.75) is 6.92 Å². The molecule has 0 aliphatic rings. The van der Waals surface area contributed by atoms with Crippen LogP contribution in [0.25, 0.3) is 0 Å². The lowest BCUT2D eigenvalue weighted by Gasteiger charge is -2.05. The number of anilines is 1. The molecule has 1 amide bonds. The smallest absolute Gasteiger partial charge is 0.260 e. The molecule has 1 aromatic carbocycles. The molecule has 0 bridgehead atoms. The SMILES string of the molecule is Cc1nn(C)c(Cl)c1C(=O)Nc1ccc(I)cc1. The van der Waals surface area contributed by atoms with E-state index in [0.717, 1.165) is 9.26 Å². The summed E-state index contributed by atoms with van der Waals surface area (Å²) < 4.78 is 2.60. The van der Waals surface area contributed by atoms with Crippen molar-refractivity contribution in [2.75, 3.05) is 5.32 Å². The van der Waals surface area contributed by atoms with E-state index in [1.807, 2.05) is 24.3 Å². The first-order valence-electron chi connectivity index (χ1n) is 5.25. The second-order valence-corrected chi connectivity index (χ2v) is 5.44. The summed E-state index contributed by atoms with van der Waals surface area (Å²) in [5.41, 5.74) is 1.77. The molecule has 2 rings (SSSR count). The fourth-order valence-corrected chi connectivity index (χ4v) is 2.23. The number of carbonyl (C=O) groups excluding carboxylic acids is 1. The molecule has 1 aromatic heterocycles. The van der Waals surface area contributed by atoms with Gasteiger partial charge in [0.1, 0.15) is 5.15 Å². The molecule has 0 atom stereocenters. The standard InChI is InChI=1S/C12H11ClIN3O/c1-7-10(11(13)17(2)16-7)12(18)15-9-5-3-8(14)4-6-9/h3-6H,1-2H3,(H,15,18). The minimum Gasteiger partial charge on any atom is -0.322 e. The molecule has 1 heterocycles. The summed E-state index contributed by atoms with van der Waals surface area (Å²) in [6.07, 6.45) is 0. The maximum Gasteiger partial charge on any atom is 0.260 e. The number of hydrogen-bond acceptors (Lipinski definition) is 2. The number of nitrogens with one attached hydrogen (secondary N) is 1. The third kappa shape index (κ3) is 2.67. The summed E-state index contributed by atoms with van der Waals surface area (Å²) in [4.78, 5) is 12.1. The van der Waals surface area contributed by atoms with Crippen LogP contribution >= 0.6 is 34.2 Å². The maximum atomic E-state index is 12.1. The van der Waals surface area contributed by atoms with Crippen LogP contribution in [0.15, 0.2) is 24.3 Å². The Labute approximate surface area is 123 Å². The predicted molar refractivity (Wildman–Crippen MR) is 80.1 cm³/mol. The Morgan fingerprint density at radius 1 is 1.39 bits per heavy atom. The molecule has 0 radical (unpaired) electrons. The Bertz CT molecular complexity index is 592. The molecule has 0 saturated carbocycles. The monoisotopic (exact) mass is 375 g/mol. The normalized spacial score (nSPS) is 10.4. The summed E-state index contributed by atoms with van der Waals surface area (Å²) in [5, 5.41) is 7.25. The van der Waals surface area contributed by atoms with Gasteiger partial charge in [-0.05, 0) is 53.8 Å². The summed E-state index contributed by atoms with van der Waals surface area (Å²) in [7, 11) is 1.71. The number of amides is 1. The van der Waals surface area contributed by atoms with Gasteiger partial charge in [-0.25, -0.2) is 0 Å². The van der Waals surface area contributed by atoms with Crippen molar-refractivity contribution in [2.24, 2.45) is 7.05 Å². The van der Waals surface area contributed by atoms with E-state index in [4.69, 9.17) is 11.6 Å². The van der Waals surface area contributed by atoms with Crippen molar-refractivity contribution in [3.8, 4) is 0 Å². The number of aromatic nitrogens is 2. The number of benzene rings is 1. The maximum absolute atomic E-state index is 12.1. The van der Waals surface area contributed by atoms with Gasteiger partial charge in [0.2, 0.25) is 0 Å². The van der Waals surface area contributed by atoms with Crippen molar-refractivity contribution in [3.05, 3.63) is 44.2 Å². The van der Waals surface area contributed by atoms with E-state index < -0.39 is 0 Å². The third-order valence-corrected chi connectivity index (χ3v) is 3.63. The van der Waals surface area contributed by atoms with Crippen LogP contribution in [-0.2, 0) is 7.05 Å². The molecule has 0 aliphatic carbocycles. The van der Waals surface area contributed by atoms with Crippen LogP contribution in [0.1, 0.15) is 16.1 Å². The summed E-state index contributed by atoms with van der Waals surface area (Å²) in [6.45, 7) is 1.76. The van der Waals surface area contributed by atoms with Crippen LogP contribution in [0.2, 0.25) is 5.15 Å². The molecule has 0 unspecified atom stereocenters. The predicted octanol–water partition coefficient (Wildman–Crippen LogP) is 3.24. The Balaban J connectivity index is 2.24. The van der Waals surface area contributed by atoms with Gasteiger partial charge in [0.15, 0.2) is 0 Å². The Kier molecular flexibility index (Phi) is 3.91. The highest BCUT2D eigenvalue weighted by Gasteiger charge is 2.18. The molecule has 6 heteroatoms. The molecule has 0 spiro atoms. The van der Waals surface area contributed by atoms with Crippen molar-refractivity contribution >= 4 is 45.8 Å².